The van der Waals surface area contributed by atoms with Crippen LogP contribution in [0, 0.1) is 25.2 Å². The van der Waals surface area contributed by atoms with Gasteiger partial charge in [-0.05, 0) is 60.9 Å². The van der Waals surface area contributed by atoms with E-state index < -0.39 is 0 Å². The highest BCUT2D eigenvalue weighted by molar-refractivity contribution is 5.52. The van der Waals surface area contributed by atoms with Crippen molar-refractivity contribution in [2.24, 2.45) is 0 Å². The van der Waals surface area contributed by atoms with Crippen molar-refractivity contribution in [2.75, 3.05) is 5.73 Å². The third-order valence-corrected chi connectivity index (χ3v) is 2.81. The van der Waals surface area contributed by atoms with E-state index in [1.54, 1.807) is 6.07 Å². The quantitative estimate of drug-likeness (QED) is 0.846. The lowest BCUT2D eigenvalue weighted by molar-refractivity contribution is 0.481. The zero-order valence-corrected chi connectivity index (χ0v) is 11.1. The van der Waals surface area contributed by atoms with E-state index in [-0.39, 0.29) is 6.42 Å². The molecular formula is C16H16N2O. The number of benzene rings is 2. The van der Waals surface area contributed by atoms with Gasteiger partial charge in [-0.25, -0.2) is 0 Å². The van der Waals surface area contributed by atoms with Crippen molar-refractivity contribution in [3.8, 4) is 17.6 Å². The first kappa shape index (κ1) is 13.0. The molecule has 0 unspecified atom stereocenters. The second-order valence-corrected chi connectivity index (χ2v) is 4.62. The molecule has 0 fully saturated rings. The van der Waals surface area contributed by atoms with Gasteiger partial charge in [-0.3, -0.25) is 0 Å². The summed E-state index contributed by atoms with van der Waals surface area (Å²) >= 11 is 0. The highest BCUT2D eigenvalue weighted by atomic mass is 16.5. The molecule has 0 bridgehead atoms. The molecule has 19 heavy (non-hydrogen) atoms. The average molecular weight is 252 g/mol. The largest absolute Gasteiger partial charge is 0.457 e. The van der Waals surface area contributed by atoms with Crippen molar-refractivity contribution < 1.29 is 4.74 Å². The minimum Gasteiger partial charge on any atom is -0.457 e. The Morgan fingerprint density at radius 3 is 2.37 bits per heavy atom. The number of nitriles is 1. The Balaban J connectivity index is 2.28. The molecule has 0 aliphatic rings. The number of nitrogens with zero attached hydrogens (tertiary/aromatic N) is 1. The summed E-state index contributed by atoms with van der Waals surface area (Å²) in [7, 11) is 0. The van der Waals surface area contributed by atoms with Gasteiger partial charge in [0.05, 0.1) is 12.5 Å². The summed E-state index contributed by atoms with van der Waals surface area (Å²) in [6.45, 7) is 4.06. The highest BCUT2D eigenvalue weighted by Gasteiger charge is 2.04. The molecule has 2 aromatic rings. The van der Waals surface area contributed by atoms with Gasteiger partial charge in [0.1, 0.15) is 11.5 Å². The Labute approximate surface area is 113 Å². The standard InChI is InChI=1S/C16H16N2O/c1-11-7-12(2)9-15(8-11)19-14-3-4-16(18)13(10-14)5-6-17/h3-4,7-10H,5,18H2,1-2H3. The number of hydrogen-bond donors (Lipinski definition) is 1. The molecule has 2 aromatic carbocycles. The van der Waals surface area contributed by atoms with Crippen LogP contribution in [0.1, 0.15) is 16.7 Å². The Bertz CT molecular complexity index is 621. The van der Waals surface area contributed by atoms with Gasteiger partial charge in [-0.2, -0.15) is 5.26 Å². The summed E-state index contributed by atoms with van der Waals surface area (Å²) in [6.07, 6.45) is 0.288. The van der Waals surface area contributed by atoms with Gasteiger partial charge in [0.25, 0.3) is 0 Å². The van der Waals surface area contributed by atoms with Crippen LogP contribution in [0.3, 0.4) is 0 Å². The number of ether oxygens (including phenoxy) is 1. The average Bonchev–Trinajstić information content (AvgIpc) is 2.32. The lowest BCUT2D eigenvalue weighted by Crippen LogP contribution is -1.94. The first-order chi connectivity index (χ1) is 9.08. The summed E-state index contributed by atoms with van der Waals surface area (Å²) in [6, 6.07) is 13.5. The molecule has 0 aliphatic carbocycles. The van der Waals surface area contributed by atoms with Gasteiger partial charge in [-0.1, -0.05) is 6.07 Å². The second-order valence-electron chi connectivity index (χ2n) is 4.62. The topological polar surface area (TPSA) is 59.0 Å². The SMILES string of the molecule is Cc1cc(C)cc(Oc2ccc(N)c(CC#N)c2)c1. The van der Waals surface area contributed by atoms with E-state index >= 15 is 0 Å². The van der Waals surface area contributed by atoms with E-state index in [4.69, 9.17) is 15.7 Å². The fourth-order valence-corrected chi connectivity index (χ4v) is 2.01. The number of nitrogens with two attached hydrogens (primary N) is 1. The summed E-state index contributed by atoms with van der Waals surface area (Å²) in [5, 5.41) is 8.75. The highest BCUT2D eigenvalue weighted by Crippen LogP contribution is 2.26. The smallest absolute Gasteiger partial charge is 0.127 e. The maximum Gasteiger partial charge on any atom is 0.127 e. The summed E-state index contributed by atoms with van der Waals surface area (Å²) < 4.78 is 5.82. The van der Waals surface area contributed by atoms with Crippen LogP contribution < -0.4 is 10.5 Å². The van der Waals surface area contributed by atoms with Crippen LogP contribution in [-0.4, -0.2) is 0 Å². The Kier molecular flexibility index (Phi) is 3.72. The zero-order chi connectivity index (χ0) is 13.8. The molecule has 0 aliphatic heterocycles. The van der Waals surface area contributed by atoms with E-state index in [1.807, 2.05) is 38.1 Å². The van der Waals surface area contributed by atoms with Gasteiger partial charge in [-0.15, -0.1) is 0 Å². The maximum absolute atomic E-state index is 8.75. The number of anilines is 1. The van der Waals surface area contributed by atoms with Crippen LogP contribution in [0.25, 0.3) is 0 Å². The molecule has 0 atom stereocenters. The molecule has 2 N–H and O–H groups in total. The Morgan fingerprint density at radius 2 is 1.74 bits per heavy atom. The molecule has 0 saturated heterocycles. The number of rotatable bonds is 3. The first-order valence-corrected chi connectivity index (χ1v) is 6.10. The van der Waals surface area contributed by atoms with E-state index in [2.05, 4.69) is 12.1 Å². The van der Waals surface area contributed by atoms with E-state index in [9.17, 15) is 0 Å². The van der Waals surface area contributed by atoms with Crippen molar-refractivity contribution in [2.45, 2.75) is 20.3 Å². The third-order valence-electron chi connectivity index (χ3n) is 2.81. The fraction of sp³-hybridized carbons (Fsp3) is 0.188. The summed E-state index contributed by atoms with van der Waals surface area (Å²) in [4.78, 5) is 0. The van der Waals surface area contributed by atoms with Gasteiger partial charge < -0.3 is 10.5 Å². The number of nitrogen functional groups attached to an aromatic ring is 1. The molecular weight excluding hydrogens is 236 g/mol. The lowest BCUT2D eigenvalue weighted by Gasteiger charge is -2.10. The van der Waals surface area contributed by atoms with Crippen molar-refractivity contribution in [1.29, 1.82) is 5.26 Å². The number of aryl methyl sites for hydroxylation is 2. The van der Waals surface area contributed by atoms with Crippen molar-refractivity contribution in [3.63, 3.8) is 0 Å². The van der Waals surface area contributed by atoms with Crippen LogP contribution in [0.4, 0.5) is 5.69 Å². The minimum atomic E-state index is 0.288. The zero-order valence-electron chi connectivity index (χ0n) is 11.1. The summed E-state index contributed by atoms with van der Waals surface area (Å²) in [5.41, 5.74) is 9.54. The lowest BCUT2D eigenvalue weighted by atomic mass is 10.1. The molecule has 96 valence electrons. The van der Waals surface area contributed by atoms with E-state index in [0.29, 0.717) is 11.4 Å². The van der Waals surface area contributed by atoms with Gasteiger partial charge in [0.15, 0.2) is 0 Å². The van der Waals surface area contributed by atoms with Crippen molar-refractivity contribution >= 4 is 5.69 Å². The first-order valence-electron chi connectivity index (χ1n) is 6.10. The summed E-state index contributed by atoms with van der Waals surface area (Å²) in [5.74, 6) is 1.50. The van der Waals surface area contributed by atoms with Gasteiger partial charge >= 0.3 is 0 Å². The molecule has 3 heteroatoms. The minimum absolute atomic E-state index is 0.288. The predicted molar refractivity (Wildman–Crippen MR) is 76.2 cm³/mol. The molecule has 2 rings (SSSR count). The predicted octanol–water partition coefficient (Wildman–Crippen LogP) is 3.74. The van der Waals surface area contributed by atoms with E-state index in [1.165, 1.54) is 0 Å². The monoisotopic (exact) mass is 252 g/mol. The van der Waals surface area contributed by atoms with Crippen LogP contribution in [-0.2, 0) is 6.42 Å². The molecule has 0 heterocycles. The van der Waals surface area contributed by atoms with Crippen LogP contribution in [0.2, 0.25) is 0 Å². The Hall–Kier alpha value is -2.47. The van der Waals surface area contributed by atoms with Crippen LogP contribution >= 0.6 is 0 Å². The van der Waals surface area contributed by atoms with Crippen molar-refractivity contribution in [1.82, 2.24) is 0 Å². The molecule has 0 aromatic heterocycles. The van der Waals surface area contributed by atoms with Crippen LogP contribution in [0.15, 0.2) is 36.4 Å². The molecule has 0 radical (unpaired) electrons. The number of hydrogen-bond acceptors (Lipinski definition) is 3. The van der Waals surface area contributed by atoms with Crippen LogP contribution in [0.5, 0.6) is 11.5 Å². The van der Waals surface area contributed by atoms with Gasteiger partial charge in [0.2, 0.25) is 0 Å². The normalized spacial score (nSPS) is 9.95. The Morgan fingerprint density at radius 1 is 1.05 bits per heavy atom. The van der Waals surface area contributed by atoms with Crippen molar-refractivity contribution in [3.05, 3.63) is 53.1 Å². The molecule has 0 amide bonds. The van der Waals surface area contributed by atoms with E-state index in [0.717, 1.165) is 22.4 Å². The maximum atomic E-state index is 8.75. The molecule has 0 spiro atoms. The van der Waals surface area contributed by atoms with Gasteiger partial charge in [0, 0.05) is 5.69 Å². The second kappa shape index (κ2) is 5.45. The molecule has 3 nitrogen and oxygen atoms in total. The fourth-order valence-electron chi connectivity index (χ4n) is 2.01. The third kappa shape index (κ3) is 3.26. The molecule has 0 saturated carbocycles.